The van der Waals surface area contributed by atoms with Crippen LogP contribution >= 0.6 is 11.3 Å². The Labute approximate surface area is 123 Å². The highest BCUT2D eigenvalue weighted by Crippen LogP contribution is 2.23. The molecule has 108 valence electrons. The van der Waals surface area contributed by atoms with E-state index in [2.05, 4.69) is 16.4 Å². The van der Waals surface area contributed by atoms with Gasteiger partial charge in [0.15, 0.2) is 0 Å². The zero-order valence-electron chi connectivity index (χ0n) is 12.2. The summed E-state index contributed by atoms with van der Waals surface area (Å²) in [4.78, 5) is 16.2. The van der Waals surface area contributed by atoms with Crippen molar-refractivity contribution in [2.75, 3.05) is 7.11 Å². The molecule has 0 radical (unpaired) electrons. The monoisotopic (exact) mass is 292 g/mol. The maximum Gasteiger partial charge on any atom is 0.323 e. The highest BCUT2D eigenvalue weighted by Gasteiger charge is 2.25. The number of rotatable bonds is 5. The first kappa shape index (κ1) is 14.9. The van der Waals surface area contributed by atoms with Crippen LogP contribution in [0.5, 0.6) is 0 Å². The maximum absolute atomic E-state index is 11.8. The molecule has 0 aromatic carbocycles. The number of methoxy groups -OCH3 is 1. The van der Waals surface area contributed by atoms with Gasteiger partial charge in [0.05, 0.1) is 17.3 Å². The fraction of sp³-hybridized carbons (Fsp3) is 0.467. The molecule has 2 rings (SSSR count). The van der Waals surface area contributed by atoms with Gasteiger partial charge in [0.25, 0.3) is 0 Å². The number of carbonyl (C=O) groups excluding carboxylic acids is 1. The Morgan fingerprint density at radius 3 is 2.80 bits per heavy atom. The Balaban J connectivity index is 2.16. The van der Waals surface area contributed by atoms with Gasteiger partial charge in [-0.1, -0.05) is 13.8 Å². The van der Waals surface area contributed by atoms with Crippen molar-refractivity contribution < 1.29 is 9.53 Å². The smallest absolute Gasteiger partial charge is 0.323 e. The van der Waals surface area contributed by atoms with Gasteiger partial charge >= 0.3 is 5.97 Å². The second-order valence-corrected chi connectivity index (χ2v) is 6.15. The first-order chi connectivity index (χ1) is 9.52. The fourth-order valence-corrected chi connectivity index (χ4v) is 2.91. The summed E-state index contributed by atoms with van der Waals surface area (Å²) in [6, 6.07) is 3.86. The predicted octanol–water partition coefficient (Wildman–Crippen LogP) is 3.14. The van der Waals surface area contributed by atoms with Crippen LogP contribution in [-0.4, -0.2) is 24.1 Å². The zero-order chi connectivity index (χ0) is 14.7. The molecule has 4 nitrogen and oxygen atoms in total. The van der Waals surface area contributed by atoms with Crippen LogP contribution < -0.4 is 5.32 Å². The maximum atomic E-state index is 11.8. The van der Waals surface area contributed by atoms with Gasteiger partial charge in [-0.3, -0.25) is 15.1 Å². The number of hydrogen-bond acceptors (Lipinski definition) is 5. The fourth-order valence-electron chi connectivity index (χ4n) is 2.12. The van der Waals surface area contributed by atoms with Gasteiger partial charge in [-0.15, -0.1) is 11.3 Å². The summed E-state index contributed by atoms with van der Waals surface area (Å²) >= 11 is 1.67. The second kappa shape index (κ2) is 6.33. The molecule has 0 spiro atoms. The lowest BCUT2D eigenvalue weighted by Crippen LogP contribution is -2.42. The van der Waals surface area contributed by atoms with Crippen LogP contribution in [-0.2, 0) is 9.53 Å². The quantitative estimate of drug-likeness (QED) is 0.860. The summed E-state index contributed by atoms with van der Waals surface area (Å²) in [6.45, 7) is 6.04. The molecule has 2 atom stereocenters. The van der Waals surface area contributed by atoms with Crippen molar-refractivity contribution in [2.45, 2.75) is 32.9 Å². The van der Waals surface area contributed by atoms with E-state index >= 15 is 0 Å². The van der Waals surface area contributed by atoms with Gasteiger partial charge < -0.3 is 4.74 Å². The standard InChI is InChI=1S/C15H20N2O2S/c1-9(2)14(15(18)19-4)17-10(3)11-7-13-12(16-8-11)5-6-20-13/h5-10,14,17H,1-4H3. The minimum Gasteiger partial charge on any atom is -0.468 e. The molecule has 2 aromatic heterocycles. The molecular formula is C15H20N2O2S. The van der Waals surface area contributed by atoms with Gasteiger partial charge in [-0.25, -0.2) is 0 Å². The largest absolute Gasteiger partial charge is 0.468 e. The van der Waals surface area contributed by atoms with E-state index in [1.54, 1.807) is 11.3 Å². The van der Waals surface area contributed by atoms with Crippen molar-refractivity contribution in [1.82, 2.24) is 10.3 Å². The summed E-state index contributed by atoms with van der Waals surface area (Å²) in [6.07, 6.45) is 1.86. The van der Waals surface area contributed by atoms with Crippen LogP contribution in [0.25, 0.3) is 10.2 Å². The number of fused-ring (bicyclic) bond motifs is 1. The van der Waals surface area contributed by atoms with Crippen LogP contribution in [0, 0.1) is 5.92 Å². The van der Waals surface area contributed by atoms with Gasteiger partial charge in [-0.2, -0.15) is 0 Å². The Hall–Kier alpha value is -1.46. The average Bonchev–Trinajstić information content (AvgIpc) is 2.90. The Kier molecular flexibility index (Phi) is 4.73. The van der Waals surface area contributed by atoms with Crippen molar-refractivity contribution in [2.24, 2.45) is 5.92 Å². The normalized spacial score (nSPS) is 14.4. The molecule has 2 unspecified atom stereocenters. The van der Waals surface area contributed by atoms with Crippen molar-refractivity contribution in [3.8, 4) is 0 Å². The third kappa shape index (κ3) is 3.16. The van der Waals surface area contributed by atoms with E-state index in [0.717, 1.165) is 15.8 Å². The van der Waals surface area contributed by atoms with Crippen LogP contribution in [0.4, 0.5) is 0 Å². The summed E-state index contributed by atoms with van der Waals surface area (Å²) in [5.74, 6) is -0.0552. The van der Waals surface area contributed by atoms with Gasteiger partial charge in [0, 0.05) is 12.2 Å². The van der Waals surface area contributed by atoms with Gasteiger partial charge in [-0.05, 0) is 35.9 Å². The van der Waals surface area contributed by atoms with E-state index in [1.165, 1.54) is 7.11 Å². The first-order valence-electron chi connectivity index (χ1n) is 6.70. The van der Waals surface area contributed by atoms with Crippen LogP contribution in [0.3, 0.4) is 0 Å². The number of thiophene rings is 1. The Morgan fingerprint density at radius 1 is 1.40 bits per heavy atom. The van der Waals surface area contributed by atoms with Crippen molar-refractivity contribution >= 4 is 27.5 Å². The van der Waals surface area contributed by atoms with E-state index < -0.39 is 0 Å². The molecule has 0 bridgehead atoms. The number of aromatic nitrogens is 1. The van der Waals surface area contributed by atoms with E-state index in [9.17, 15) is 4.79 Å². The molecule has 2 aromatic rings. The number of esters is 1. The summed E-state index contributed by atoms with van der Waals surface area (Å²) in [5, 5.41) is 5.36. The molecule has 0 amide bonds. The molecule has 20 heavy (non-hydrogen) atoms. The van der Waals surface area contributed by atoms with Crippen molar-refractivity contribution in [3.05, 3.63) is 29.3 Å². The predicted molar refractivity (Wildman–Crippen MR) is 81.8 cm³/mol. The second-order valence-electron chi connectivity index (χ2n) is 5.21. The number of pyridine rings is 1. The van der Waals surface area contributed by atoms with Crippen molar-refractivity contribution in [1.29, 1.82) is 0 Å². The van der Waals surface area contributed by atoms with Crippen LogP contribution in [0.15, 0.2) is 23.7 Å². The molecule has 0 saturated carbocycles. The van der Waals surface area contributed by atoms with E-state index in [1.807, 2.05) is 38.4 Å². The molecule has 0 fully saturated rings. The van der Waals surface area contributed by atoms with E-state index in [0.29, 0.717) is 0 Å². The number of nitrogens with zero attached hydrogens (tertiary/aromatic N) is 1. The lowest BCUT2D eigenvalue weighted by molar-refractivity contribution is -0.144. The molecular weight excluding hydrogens is 272 g/mol. The van der Waals surface area contributed by atoms with E-state index in [4.69, 9.17) is 4.74 Å². The molecule has 0 saturated heterocycles. The minimum absolute atomic E-state index is 0.0421. The van der Waals surface area contributed by atoms with Crippen LogP contribution in [0.2, 0.25) is 0 Å². The highest BCUT2D eigenvalue weighted by atomic mass is 32.1. The molecule has 0 aliphatic carbocycles. The highest BCUT2D eigenvalue weighted by molar-refractivity contribution is 7.17. The average molecular weight is 292 g/mol. The molecule has 5 heteroatoms. The Morgan fingerprint density at radius 2 is 2.15 bits per heavy atom. The van der Waals surface area contributed by atoms with Crippen LogP contribution in [0.1, 0.15) is 32.4 Å². The number of hydrogen-bond donors (Lipinski definition) is 1. The summed E-state index contributed by atoms with van der Waals surface area (Å²) in [5.41, 5.74) is 2.09. The third-order valence-corrected chi connectivity index (χ3v) is 4.23. The molecule has 1 N–H and O–H groups in total. The lowest BCUT2D eigenvalue weighted by Gasteiger charge is -2.24. The Bertz CT molecular complexity index is 594. The van der Waals surface area contributed by atoms with Gasteiger partial charge in [0.2, 0.25) is 0 Å². The number of nitrogens with one attached hydrogen (secondary N) is 1. The molecule has 0 aliphatic rings. The summed E-state index contributed by atoms with van der Waals surface area (Å²) in [7, 11) is 1.42. The minimum atomic E-state index is -0.311. The molecule has 2 heterocycles. The third-order valence-electron chi connectivity index (χ3n) is 3.38. The number of carbonyl (C=O) groups is 1. The molecule has 0 aliphatic heterocycles. The lowest BCUT2D eigenvalue weighted by atomic mass is 10.0. The van der Waals surface area contributed by atoms with Gasteiger partial charge in [0.1, 0.15) is 6.04 Å². The first-order valence-corrected chi connectivity index (χ1v) is 7.58. The van der Waals surface area contributed by atoms with Crippen molar-refractivity contribution in [3.63, 3.8) is 0 Å². The summed E-state index contributed by atoms with van der Waals surface area (Å²) < 4.78 is 6.02. The SMILES string of the molecule is COC(=O)C(NC(C)c1cnc2ccsc2c1)C(C)C. The number of ether oxygens (including phenoxy) is 1. The topological polar surface area (TPSA) is 51.2 Å². The zero-order valence-corrected chi connectivity index (χ0v) is 13.0. The van der Waals surface area contributed by atoms with E-state index in [-0.39, 0.29) is 24.0 Å².